The number of rotatable bonds is 4. The lowest BCUT2D eigenvalue weighted by Crippen LogP contribution is -1.89. The van der Waals surface area contributed by atoms with Gasteiger partial charge in [0, 0.05) is 9.79 Å². The first-order valence-electron chi connectivity index (χ1n) is 6.28. The summed E-state index contributed by atoms with van der Waals surface area (Å²) in [4.78, 5) is 2.07. The molecule has 0 aromatic heterocycles. The van der Waals surface area contributed by atoms with Gasteiger partial charge >= 0.3 is 0 Å². The first kappa shape index (κ1) is 14.4. The fourth-order valence-corrected chi connectivity index (χ4v) is 3.08. The Balaban J connectivity index is 2.26. The Hall–Kier alpha value is -0.960. The van der Waals surface area contributed by atoms with Crippen LogP contribution in [-0.4, -0.2) is 5.11 Å². The van der Waals surface area contributed by atoms with Gasteiger partial charge in [0.05, 0.1) is 11.6 Å². The maximum absolute atomic E-state index is 9.37. The van der Waals surface area contributed by atoms with Gasteiger partial charge in [0.2, 0.25) is 0 Å². The number of hydrogen-bond donors (Lipinski definition) is 1. The van der Waals surface area contributed by atoms with E-state index in [0.29, 0.717) is 10.9 Å². The molecule has 0 saturated carbocycles. The summed E-state index contributed by atoms with van der Waals surface area (Å²) in [6.07, 6.45) is 0. The molecule has 3 heteroatoms. The van der Waals surface area contributed by atoms with Crippen molar-refractivity contribution in [1.29, 1.82) is 0 Å². The van der Waals surface area contributed by atoms with E-state index in [-0.39, 0.29) is 6.61 Å². The molecule has 0 aliphatic carbocycles. The fourth-order valence-electron chi connectivity index (χ4n) is 1.83. The van der Waals surface area contributed by atoms with E-state index in [4.69, 9.17) is 11.6 Å². The molecule has 0 bridgehead atoms. The smallest absolute Gasteiger partial charge is 0.0693 e. The Labute approximate surface area is 123 Å². The van der Waals surface area contributed by atoms with Crippen LogP contribution in [0, 0.1) is 0 Å². The van der Waals surface area contributed by atoms with Gasteiger partial charge in [-0.05, 0) is 35.2 Å². The summed E-state index contributed by atoms with van der Waals surface area (Å²) in [5.74, 6) is 0.535. The summed E-state index contributed by atoms with van der Waals surface area (Å²) in [6.45, 7) is 4.37. The van der Waals surface area contributed by atoms with Crippen LogP contribution in [0.5, 0.6) is 0 Å². The monoisotopic (exact) mass is 292 g/mol. The summed E-state index contributed by atoms with van der Waals surface area (Å²) in [7, 11) is 0. The number of aliphatic hydroxyl groups excluding tert-OH is 1. The third kappa shape index (κ3) is 3.53. The van der Waals surface area contributed by atoms with Crippen LogP contribution < -0.4 is 0 Å². The van der Waals surface area contributed by atoms with Crippen LogP contribution in [0.3, 0.4) is 0 Å². The van der Waals surface area contributed by atoms with Crippen LogP contribution >= 0.6 is 23.4 Å². The molecule has 1 N–H and O–H groups in total. The lowest BCUT2D eigenvalue weighted by molar-refractivity contribution is 0.279. The zero-order valence-electron chi connectivity index (χ0n) is 11.1. The van der Waals surface area contributed by atoms with Gasteiger partial charge in [0.15, 0.2) is 0 Å². The van der Waals surface area contributed by atoms with Crippen LogP contribution in [0.15, 0.2) is 52.3 Å². The molecular formula is C16H17ClOS. The minimum Gasteiger partial charge on any atom is -0.392 e. The van der Waals surface area contributed by atoms with Gasteiger partial charge in [0.1, 0.15) is 0 Å². The second kappa shape index (κ2) is 6.47. The van der Waals surface area contributed by atoms with Gasteiger partial charge in [0.25, 0.3) is 0 Å². The van der Waals surface area contributed by atoms with E-state index < -0.39 is 0 Å². The molecule has 2 rings (SSSR count). The van der Waals surface area contributed by atoms with Crippen LogP contribution in [0.1, 0.15) is 30.9 Å². The maximum Gasteiger partial charge on any atom is 0.0693 e. The fraction of sp³-hybridized carbons (Fsp3) is 0.250. The van der Waals surface area contributed by atoms with E-state index in [1.54, 1.807) is 11.8 Å². The highest BCUT2D eigenvalue weighted by atomic mass is 35.5. The van der Waals surface area contributed by atoms with Crippen molar-refractivity contribution in [3.8, 4) is 0 Å². The molecule has 100 valence electrons. The number of benzene rings is 2. The highest BCUT2D eigenvalue weighted by Gasteiger charge is 2.08. The third-order valence-corrected chi connectivity index (χ3v) is 4.61. The molecule has 0 fully saturated rings. The quantitative estimate of drug-likeness (QED) is 0.845. The summed E-state index contributed by atoms with van der Waals surface area (Å²) >= 11 is 7.80. The molecule has 0 saturated heterocycles. The van der Waals surface area contributed by atoms with Gasteiger partial charge in [-0.2, -0.15) is 0 Å². The van der Waals surface area contributed by atoms with E-state index in [2.05, 4.69) is 38.1 Å². The predicted molar refractivity (Wildman–Crippen MR) is 82.0 cm³/mol. The average molecular weight is 293 g/mol. The van der Waals surface area contributed by atoms with Crippen molar-refractivity contribution in [2.75, 3.05) is 0 Å². The second-order valence-corrected chi connectivity index (χ2v) is 6.20. The Bertz CT molecular complexity index is 549. The van der Waals surface area contributed by atoms with Crippen molar-refractivity contribution >= 4 is 23.4 Å². The molecule has 0 radical (unpaired) electrons. The molecule has 0 atom stereocenters. The van der Waals surface area contributed by atoms with Gasteiger partial charge < -0.3 is 5.11 Å². The first-order chi connectivity index (χ1) is 9.11. The van der Waals surface area contributed by atoms with Crippen LogP contribution in [0.4, 0.5) is 0 Å². The van der Waals surface area contributed by atoms with Gasteiger partial charge in [-0.3, -0.25) is 0 Å². The second-order valence-electron chi connectivity index (χ2n) is 4.71. The summed E-state index contributed by atoms with van der Waals surface area (Å²) in [5, 5.41) is 10.1. The van der Waals surface area contributed by atoms with Crippen molar-refractivity contribution < 1.29 is 5.11 Å². The highest BCUT2D eigenvalue weighted by molar-refractivity contribution is 7.99. The SMILES string of the molecule is CC(C)c1ccc(Sc2c(Cl)cccc2CO)cc1. The van der Waals surface area contributed by atoms with E-state index >= 15 is 0 Å². The van der Waals surface area contributed by atoms with Crippen molar-refractivity contribution in [2.45, 2.75) is 36.2 Å². The van der Waals surface area contributed by atoms with Gasteiger partial charge in [-0.1, -0.05) is 61.5 Å². The highest BCUT2D eigenvalue weighted by Crippen LogP contribution is 2.36. The molecule has 0 heterocycles. The minimum atomic E-state index is 0.00692. The van der Waals surface area contributed by atoms with E-state index in [1.807, 2.05) is 18.2 Å². The summed E-state index contributed by atoms with van der Waals surface area (Å²) < 4.78 is 0. The van der Waals surface area contributed by atoms with Crippen molar-refractivity contribution in [1.82, 2.24) is 0 Å². The van der Waals surface area contributed by atoms with Gasteiger partial charge in [-0.25, -0.2) is 0 Å². The minimum absolute atomic E-state index is 0.00692. The summed E-state index contributed by atoms with van der Waals surface area (Å²) in [5.41, 5.74) is 2.19. The summed E-state index contributed by atoms with van der Waals surface area (Å²) in [6, 6.07) is 14.1. The molecule has 0 unspecified atom stereocenters. The number of halogens is 1. The molecule has 0 aliphatic heterocycles. The molecular weight excluding hydrogens is 276 g/mol. The maximum atomic E-state index is 9.37. The number of aliphatic hydroxyl groups is 1. The molecule has 0 aliphatic rings. The lowest BCUT2D eigenvalue weighted by Gasteiger charge is -2.10. The molecule has 19 heavy (non-hydrogen) atoms. The van der Waals surface area contributed by atoms with Crippen LogP contribution in [0.2, 0.25) is 5.02 Å². The molecule has 0 amide bonds. The predicted octanol–water partition coefficient (Wildman–Crippen LogP) is 5.11. The lowest BCUT2D eigenvalue weighted by atomic mass is 10.0. The standard InChI is InChI=1S/C16H17ClOS/c1-11(2)12-6-8-14(9-7-12)19-16-13(10-18)4-3-5-15(16)17/h3-9,11,18H,10H2,1-2H3. The van der Waals surface area contributed by atoms with Crippen molar-refractivity contribution in [2.24, 2.45) is 0 Å². The average Bonchev–Trinajstić information content (AvgIpc) is 2.41. The van der Waals surface area contributed by atoms with Crippen molar-refractivity contribution in [3.05, 3.63) is 58.6 Å². The molecule has 1 nitrogen and oxygen atoms in total. The van der Waals surface area contributed by atoms with Gasteiger partial charge in [-0.15, -0.1) is 0 Å². The number of hydrogen-bond acceptors (Lipinski definition) is 2. The Morgan fingerprint density at radius 1 is 1.11 bits per heavy atom. The van der Waals surface area contributed by atoms with Crippen LogP contribution in [-0.2, 0) is 6.61 Å². The molecule has 0 spiro atoms. The van der Waals surface area contributed by atoms with Crippen molar-refractivity contribution in [3.63, 3.8) is 0 Å². The van der Waals surface area contributed by atoms with E-state index in [1.165, 1.54) is 5.56 Å². The topological polar surface area (TPSA) is 20.2 Å². The normalized spacial score (nSPS) is 11.0. The zero-order chi connectivity index (χ0) is 13.8. The van der Waals surface area contributed by atoms with E-state index in [0.717, 1.165) is 15.4 Å². The van der Waals surface area contributed by atoms with Crippen LogP contribution in [0.25, 0.3) is 0 Å². The Morgan fingerprint density at radius 2 is 1.79 bits per heavy atom. The first-order valence-corrected chi connectivity index (χ1v) is 7.47. The molecule has 2 aromatic carbocycles. The largest absolute Gasteiger partial charge is 0.392 e. The molecule has 2 aromatic rings. The zero-order valence-corrected chi connectivity index (χ0v) is 12.6. The Morgan fingerprint density at radius 3 is 2.37 bits per heavy atom. The van der Waals surface area contributed by atoms with E-state index in [9.17, 15) is 5.11 Å². The third-order valence-electron chi connectivity index (χ3n) is 2.99. The Kier molecular flexibility index (Phi) is 4.92.